The molecule has 0 atom stereocenters. The SMILES string of the molecule is CCCCCCCCc1c(O)cccc1CBr. The van der Waals surface area contributed by atoms with E-state index in [1.165, 1.54) is 44.1 Å². The van der Waals surface area contributed by atoms with Gasteiger partial charge in [-0.1, -0.05) is 67.1 Å². The average Bonchev–Trinajstić information content (AvgIpc) is 2.35. The minimum Gasteiger partial charge on any atom is -0.508 e. The van der Waals surface area contributed by atoms with Gasteiger partial charge in [-0.3, -0.25) is 0 Å². The van der Waals surface area contributed by atoms with Crippen molar-refractivity contribution < 1.29 is 5.11 Å². The van der Waals surface area contributed by atoms with Gasteiger partial charge in [0.2, 0.25) is 0 Å². The number of hydrogen-bond donors (Lipinski definition) is 1. The monoisotopic (exact) mass is 298 g/mol. The van der Waals surface area contributed by atoms with Crippen LogP contribution in [0.5, 0.6) is 5.75 Å². The quantitative estimate of drug-likeness (QED) is 0.517. The van der Waals surface area contributed by atoms with Crippen molar-refractivity contribution in [1.29, 1.82) is 0 Å². The van der Waals surface area contributed by atoms with Gasteiger partial charge >= 0.3 is 0 Å². The van der Waals surface area contributed by atoms with Crippen LogP contribution in [-0.4, -0.2) is 5.11 Å². The van der Waals surface area contributed by atoms with E-state index in [9.17, 15) is 5.11 Å². The number of rotatable bonds is 8. The summed E-state index contributed by atoms with van der Waals surface area (Å²) in [5.74, 6) is 0.454. The van der Waals surface area contributed by atoms with Crippen molar-refractivity contribution in [3.8, 4) is 5.75 Å². The maximum absolute atomic E-state index is 9.84. The van der Waals surface area contributed by atoms with Crippen LogP contribution in [-0.2, 0) is 11.8 Å². The van der Waals surface area contributed by atoms with Crippen LogP contribution in [0.1, 0.15) is 56.6 Å². The number of aromatic hydroxyl groups is 1. The average molecular weight is 299 g/mol. The fourth-order valence-electron chi connectivity index (χ4n) is 2.12. The molecule has 2 heteroatoms. The van der Waals surface area contributed by atoms with Gasteiger partial charge in [-0.25, -0.2) is 0 Å². The van der Waals surface area contributed by atoms with Crippen LogP contribution in [0.4, 0.5) is 0 Å². The Hall–Kier alpha value is -0.500. The molecule has 0 aromatic heterocycles. The predicted molar refractivity (Wildman–Crippen MR) is 77.8 cm³/mol. The van der Waals surface area contributed by atoms with Crippen molar-refractivity contribution in [3.05, 3.63) is 29.3 Å². The fourth-order valence-corrected chi connectivity index (χ4v) is 2.64. The van der Waals surface area contributed by atoms with Crippen molar-refractivity contribution in [2.75, 3.05) is 0 Å². The molecule has 0 heterocycles. The van der Waals surface area contributed by atoms with Crippen LogP contribution in [0.3, 0.4) is 0 Å². The van der Waals surface area contributed by atoms with E-state index < -0.39 is 0 Å². The molecule has 17 heavy (non-hydrogen) atoms. The van der Waals surface area contributed by atoms with Crippen LogP contribution >= 0.6 is 15.9 Å². The van der Waals surface area contributed by atoms with E-state index in [1.54, 1.807) is 6.07 Å². The second-order valence-corrected chi connectivity index (χ2v) is 5.13. The highest BCUT2D eigenvalue weighted by Crippen LogP contribution is 2.25. The van der Waals surface area contributed by atoms with Gasteiger partial charge in [-0.2, -0.15) is 0 Å². The summed E-state index contributed by atoms with van der Waals surface area (Å²) in [4.78, 5) is 0. The van der Waals surface area contributed by atoms with Crippen LogP contribution in [0.15, 0.2) is 18.2 Å². The predicted octanol–water partition coefficient (Wildman–Crippen LogP) is 5.19. The Kier molecular flexibility index (Phi) is 7.34. The fraction of sp³-hybridized carbons (Fsp3) is 0.600. The number of hydrogen-bond acceptors (Lipinski definition) is 1. The molecule has 1 aromatic rings. The first-order valence-electron chi connectivity index (χ1n) is 6.65. The lowest BCUT2D eigenvalue weighted by atomic mass is 10.0. The van der Waals surface area contributed by atoms with Gasteiger partial charge in [0.15, 0.2) is 0 Å². The van der Waals surface area contributed by atoms with E-state index in [2.05, 4.69) is 28.9 Å². The molecule has 0 unspecified atom stereocenters. The van der Waals surface area contributed by atoms with Crippen molar-refractivity contribution in [3.63, 3.8) is 0 Å². The summed E-state index contributed by atoms with van der Waals surface area (Å²) in [5.41, 5.74) is 2.35. The molecular weight excluding hydrogens is 276 g/mol. The number of benzene rings is 1. The Bertz CT molecular complexity index is 323. The zero-order valence-corrected chi connectivity index (χ0v) is 12.3. The van der Waals surface area contributed by atoms with Crippen molar-refractivity contribution in [2.24, 2.45) is 0 Å². The number of phenols is 1. The van der Waals surface area contributed by atoms with E-state index >= 15 is 0 Å². The number of phenolic OH excluding ortho intramolecular Hbond substituents is 1. The van der Waals surface area contributed by atoms with E-state index in [1.807, 2.05) is 6.07 Å². The topological polar surface area (TPSA) is 20.2 Å². The summed E-state index contributed by atoms with van der Waals surface area (Å²) in [6, 6.07) is 5.79. The lowest BCUT2D eigenvalue weighted by Gasteiger charge is -2.09. The Morgan fingerprint density at radius 3 is 2.47 bits per heavy atom. The number of alkyl halides is 1. The Morgan fingerprint density at radius 2 is 1.76 bits per heavy atom. The van der Waals surface area contributed by atoms with Gasteiger partial charge in [0.05, 0.1) is 0 Å². The number of unbranched alkanes of at least 4 members (excludes halogenated alkanes) is 5. The zero-order valence-electron chi connectivity index (χ0n) is 10.7. The standard InChI is InChI=1S/C15H23BrO/c1-2-3-4-5-6-7-10-14-13(12-16)9-8-11-15(14)17/h8-9,11,17H,2-7,10,12H2,1H3. The summed E-state index contributed by atoms with van der Waals surface area (Å²) in [6.07, 6.45) is 8.78. The lowest BCUT2D eigenvalue weighted by Crippen LogP contribution is -1.93. The maximum Gasteiger partial charge on any atom is 0.119 e. The molecule has 0 aliphatic heterocycles. The molecule has 0 radical (unpaired) electrons. The number of halogens is 1. The minimum atomic E-state index is 0.454. The van der Waals surface area contributed by atoms with Gasteiger partial charge in [0.25, 0.3) is 0 Å². The second-order valence-electron chi connectivity index (χ2n) is 4.57. The molecule has 1 N–H and O–H groups in total. The minimum absolute atomic E-state index is 0.454. The molecule has 1 nitrogen and oxygen atoms in total. The molecule has 0 saturated carbocycles. The molecule has 1 rings (SSSR count). The summed E-state index contributed by atoms with van der Waals surface area (Å²) in [6.45, 7) is 2.24. The first-order valence-corrected chi connectivity index (χ1v) is 7.77. The molecule has 0 aliphatic carbocycles. The van der Waals surface area contributed by atoms with Gasteiger partial charge in [-0.15, -0.1) is 0 Å². The summed E-state index contributed by atoms with van der Waals surface area (Å²) >= 11 is 3.47. The van der Waals surface area contributed by atoms with E-state index in [0.29, 0.717) is 5.75 Å². The third kappa shape index (κ3) is 5.12. The third-order valence-corrected chi connectivity index (χ3v) is 3.78. The molecule has 0 aliphatic rings. The van der Waals surface area contributed by atoms with Crippen molar-refractivity contribution in [2.45, 2.75) is 57.2 Å². The molecular formula is C15H23BrO. The molecule has 1 aromatic carbocycles. The van der Waals surface area contributed by atoms with Gasteiger partial charge in [-0.05, 0) is 30.0 Å². The maximum atomic E-state index is 9.84. The molecule has 0 spiro atoms. The van der Waals surface area contributed by atoms with Gasteiger partial charge in [0.1, 0.15) is 5.75 Å². The van der Waals surface area contributed by atoms with Crippen molar-refractivity contribution >= 4 is 15.9 Å². The Balaban J connectivity index is 2.35. The van der Waals surface area contributed by atoms with Crippen LogP contribution in [0, 0.1) is 0 Å². The third-order valence-electron chi connectivity index (χ3n) is 3.17. The molecule has 0 saturated heterocycles. The smallest absolute Gasteiger partial charge is 0.119 e. The highest BCUT2D eigenvalue weighted by Gasteiger charge is 2.06. The molecule has 0 amide bonds. The molecule has 96 valence electrons. The highest BCUT2D eigenvalue weighted by molar-refractivity contribution is 9.08. The van der Waals surface area contributed by atoms with E-state index in [0.717, 1.165) is 17.3 Å². The molecule has 0 bridgehead atoms. The van der Waals surface area contributed by atoms with E-state index in [-0.39, 0.29) is 0 Å². The highest BCUT2D eigenvalue weighted by atomic mass is 79.9. The van der Waals surface area contributed by atoms with Crippen LogP contribution < -0.4 is 0 Å². The molecule has 0 fully saturated rings. The Labute approximate surface area is 113 Å². The normalized spacial score (nSPS) is 10.7. The summed E-state index contributed by atoms with van der Waals surface area (Å²) < 4.78 is 0. The lowest BCUT2D eigenvalue weighted by molar-refractivity contribution is 0.465. The first kappa shape index (κ1) is 14.6. The van der Waals surface area contributed by atoms with Crippen LogP contribution in [0.2, 0.25) is 0 Å². The zero-order chi connectivity index (χ0) is 12.5. The Morgan fingerprint density at radius 1 is 1.06 bits per heavy atom. The van der Waals surface area contributed by atoms with Gasteiger partial charge in [0, 0.05) is 5.33 Å². The summed E-state index contributed by atoms with van der Waals surface area (Å²) in [5, 5.41) is 10.7. The van der Waals surface area contributed by atoms with Gasteiger partial charge < -0.3 is 5.11 Å². The summed E-state index contributed by atoms with van der Waals surface area (Å²) in [7, 11) is 0. The largest absolute Gasteiger partial charge is 0.508 e. The second kappa shape index (κ2) is 8.57. The van der Waals surface area contributed by atoms with Crippen LogP contribution in [0.25, 0.3) is 0 Å². The van der Waals surface area contributed by atoms with Crippen molar-refractivity contribution in [1.82, 2.24) is 0 Å². The first-order chi connectivity index (χ1) is 8.29. The van der Waals surface area contributed by atoms with E-state index in [4.69, 9.17) is 0 Å².